The molecule has 2 aromatic heterocycles. The van der Waals surface area contributed by atoms with Gasteiger partial charge in [-0.05, 0) is 44.5 Å². The molecule has 0 aliphatic rings. The minimum absolute atomic E-state index is 0.0318. The number of thiophene rings is 1. The lowest BCUT2D eigenvalue weighted by molar-refractivity contribution is -0.121. The summed E-state index contributed by atoms with van der Waals surface area (Å²) < 4.78 is 1.92. The molecule has 3 aromatic rings. The first kappa shape index (κ1) is 19.0. The second-order valence-electron chi connectivity index (χ2n) is 6.60. The fourth-order valence-electron chi connectivity index (χ4n) is 3.01. The molecule has 6 heteroatoms. The minimum Gasteiger partial charge on any atom is -0.350 e. The van der Waals surface area contributed by atoms with Gasteiger partial charge < -0.3 is 9.88 Å². The van der Waals surface area contributed by atoms with Crippen LogP contribution in [0.2, 0.25) is 0 Å². The van der Waals surface area contributed by atoms with Gasteiger partial charge in [0.1, 0.15) is 0 Å². The van der Waals surface area contributed by atoms with Crippen LogP contribution in [0.3, 0.4) is 0 Å². The number of carbonyl (C=O) groups excluding carboxylic acids is 2. The van der Waals surface area contributed by atoms with Crippen LogP contribution in [0.4, 0.5) is 0 Å². The average Bonchev–Trinajstić information content (AvgIpc) is 3.29. The zero-order valence-electron chi connectivity index (χ0n) is 15.7. The number of rotatable bonds is 7. The van der Waals surface area contributed by atoms with E-state index >= 15 is 0 Å². The van der Waals surface area contributed by atoms with E-state index in [0.717, 1.165) is 26.6 Å². The summed E-state index contributed by atoms with van der Waals surface area (Å²) in [5.41, 5.74) is 2.78. The smallest absolute Gasteiger partial charge is 0.220 e. The molecule has 0 saturated carbocycles. The number of aromatic nitrogens is 2. The van der Waals surface area contributed by atoms with E-state index in [-0.39, 0.29) is 30.6 Å². The maximum Gasteiger partial charge on any atom is 0.220 e. The van der Waals surface area contributed by atoms with Crippen molar-refractivity contribution in [2.75, 3.05) is 0 Å². The van der Waals surface area contributed by atoms with E-state index in [1.54, 1.807) is 23.9 Å². The molecular weight excluding hydrogens is 358 g/mol. The van der Waals surface area contributed by atoms with Crippen molar-refractivity contribution in [3.05, 3.63) is 69.9 Å². The zero-order valence-corrected chi connectivity index (χ0v) is 16.5. The largest absolute Gasteiger partial charge is 0.350 e. The Hall–Kier alpha value is -2.73. The van der Waals surface area contributed by atoms with Crippen LogP contribution in [-0.2, 0) is 4.79 Å². The van der Waals surface area contributed by atoms with Gasteiger partial charge in [0.05, 0.1) is 12.4 Å². The van der Waals surface area contributed by atoms with Gasteiger partial charge in [0.25, 0.3) is 0 Å². The van der Waals surface area contributed by atoms with Gasteiger partial charge in [0, 0.05) is 46.2 Å². The van der Waals surface area contributed by atoms with Gasteiger partial charge in [-0.2, -0.15) is 0 Å². The molecule has 27 heavy (non-hydrogen) atoms. The van der Waals surface area contributed by atoms with Crippen molar-refractivity contribution in [3.63, 3.8) is 0 Å². The van der Waals surface area contributed by atoms with Crippen molar-refractivity contribution in [2.24, 2.45) is 0 Å². The molecule has 0 bridgehead atoms. The van der Waals surface area contributed by atoms with Gasteiger partial charge >= 0.3 is 0 Å². The summed E-state index contributed by atoms with van der Waals surface area (Å²) in [6, 6.07) is 9.75. The number of Topliss-reactive ketones (excluding diaryl/α,β-unsaturated/α-hetero) is 1. The summed E-state index contributed by atoms with van der Waals surface area (Å²) in [7, 11) is 0. The number of hydrogen-bond acceptors (Lipinski definition) is 4. The third kappa shape index (κ3) is 4.71. The van der Waals surface area contributed by atoms with Crippen LogP contribution in [0.15, 0.2) is 49.1 Å². The summed E-state index contributed by atoms with van der Waals surface area (Å²) in [6.07, 6.45) is 5.79. The molecule has 3 rings (SSSR count). The van der Waals surface area contributed by atoms with Gasteiger partial charge in [0.2, 0.25) is 5.91 Å². The van der Waals surface area contributed by atoms with Crippen molar-refractivity contribution in [3.8, 4) is 5.69 Å². The van der Waals surface area contributed by atoms with Gasteiger partial charge in [-0.1, -0.05) is 12.1 Å². The van der Waals surface area contributed by atoms with Crippen molar-refractivity contribution >= 4 is 23.0 Å². The number of aryl methyl sites for hydroxylation is 2. The van der Waals surface area contributed by atoms with E-state index in [4.69, 9.17) is 0 Å². The number of hydrogen-bond donors (Lipinski definition) is 1. The second kappa shape index (κ2) is 8.31. The highest BCUT2D eigenvalue weighted by molar-refractivity contribution is 7.12. The molecule has 2 heterocycles. The molecule has 1 amide bonds. The standard InChI is InChI=1S/C21H23N3O2S/c1-14-12-19(16(3)27-14)20(25)8-9-21(26)23-15(2)17-4-6-18(7-5-17)24-11-10-22-13-24/h4-7,10-13,15H,8-9H2,1-3H3,(H,23,26). The minimum atomic E-state index is -0.116. The first-order valence-electron chi connectivity index (χ1n) is 8.92. The molecule has 140 valence electrons. The lowest BCUT2D eigenvalue weighted by Gasteiger charge is -2.15. The molecule has 1 unspecified atom stereocenters. The molecule has 1 N–H and O–H groups in total. The molecule has 0 fully saturated rings. The Balaban J connectivity index is 1.53. The highest BCUT2D eigenvalue weighted by atomic mass is 32.1. The van der Waals surface area contributed by atoms with E-state index in [1.165, 1.54) is 0 Å². The van der Waals surface area contributed by atoms with E-state index in [0.29, 0.717) is 0 Å². The van der Waals surface area contributed by atoms with Crippen LogP contribution in [0.25, 0.3) is 5.69 Å². The molecule has 0 spiro atoms. The Morgan fingerprint density at radius 1 is 1.19 bits per heavy atom. The molecule has 1 aromatic carbocycles. The quantitative estimate of drug-likeness (QED) is 0.617. The summed E-state index contributed by atoms with van der Waals surface area (Å²) in [4.78, 5) is 30.7. The second-order valence-corrected chi connectivity index (χ2v) is 8.06. The number of ketones is 1. The Labute approximate surface area is 163 Å². The Morgan fingerprint density at radius 2 is 1.93 bits per heavy atom. The number of benzene rings is 1. The van der Waals surface area contributed by atoms with Crippen LogP contribution in [0.5, 0.6) is 0 Å². The van der Waals surface area contributed by atoms with Crippen molar-refractivity contribution in [2.45, 2.75) is 39.7 Å². The van der Waals surface area contributed by atoms with Crippen LogP contribution >= 0.6 is 11.3 Å². The van der Waals surface area contributed by atoms with E-state index < -0.39 is 0 Å². The van der Waals surface area contributed by atoms with Gasteiger partial charge in [0.15, 0.2) is 5.78 Å². The molecular formula is C21H23N3O2S. The maximum atomic E-state index is 12.3. The molecule has 5 nitrogen and oxygen atoms in total. The molecule has 0 saturated heterocycles. The van der Waals surface area contributed by atoms with Crippen LogP contribution in [-0.4, -0.2) is 21.2 Å². The average molecular weight is 382 g/mol. The number of carbonyl (C=O) groups is 2. The number of amides is 1. The predicted octanol–water partition coefficient (Wildman–Crippen LogP) is 4.39. The Morgan fingerprint density at radius 3 is 2.52 bits per heavy atom. The summed E-state index contributed by atoms with van der Waals surface area (Å²) in [6.45, 7) is 5.87. The van der Waals surface area contributed by atoms with E-state index in [1.807, 2.05) is 61.9 Å². The third-order valence-corrected chi connectivity index (χ3v) is 5.46. The molecule has 0 aliphatic heterocycles. The summed E-state index contributed by atoms with van der Waals surface area (Å²) >= 11 is 1.61. The van der Waals surface area contributed by atoms with Crippen molar-refractivity contribution in [1.29, 1.82) is 0 Å². The third-order valence-electron chi connectivity index (χ3n) is 4.49. The van der Waals surface area contributed by atoms with Crippen molar-refractivity contribution < 1.29 is 9.59 Å². The fraction of sp³-hybridized carbons (Fsp3) is 0.286. The van der Waals surface area contributed by atoms with Crippen LogP contribution in [0, 0.1) is 13.8 Å². The predicted molar refractivity (Wildman–Crippen MR) is 107 cm³/mol. The van der Waals surface area contributed by atoms with Gasteiger partial charge in [-0.25, -0.2) is 4.98 Å². The van der Waals surface area contributed by atoms with Gasteiger partial charge in [-0.15, -0.1) is 11.3 Å². The van der Waals surface area contributed by atoms with Crippen LogP contribution in [0.1, 0.15) is 51.5 Å². The van der Waals surface area contributed by atoms with E-state index in [2.05, 4.69) is 10.3 Å². The zero-order chi connectivity index (χ0) is 19.4. The lowest BCUT2D eigenvalue weighted by Crippen LogP contribution is -2.27. The Kier molecular flexibility index (Phi) is 5.86. The highest BCUT2D eigenvalue weighted by Crippen LogP contribution is 2.22. The first-order valence-corrected chi connectivity index (χ1v) is 9.73. The molecule has 0 radical (unpaired) electrons. The SMILES string of the molecule is Cc1cc(C(=O)CCC(=O)NC(C)c2ccc(-n3ccnc3)cc2)c(C)s1. The number of imidazole rings is 1. The fourth-order valence-corrected chi connectivity index (χ4v) is 3.96. The van der Waals surface area contributed by atoms with Crippen LogP contribution < -0.4 is 5.32 Å². The topological polar surface area (TPSA) is 64.0 Å². The maximum absolute atomic E-state index is 12.3. The Bertz CT molecular complexity index is 927. The number of nitrogens with one attached hydrogen (secondary N) is 1. The van der Waals surface area contributed by atoms with Gasteiger partial charge in [-0.3, -0.25) is 9.59 Å². The molecule has 1 atom stereocenters. The lowest BCUT2D eigenvalue weighted by atomic mass is 10.1. The summed E-state index contributed by atoms with van der Waals surface area (Å²) in [5, 5.41) is 2.97. The number of nitrogens with zero attached hydrogens (tertiary/aromatic N) is 2. The normalized spacial score (nSPS) is 12.0. The van der Waals surface area contributed by atoms with E-state index in [9.17, 15) is 9.59 Å². The monoisotopic (exact) mass is 381 g/mol. The summed E-state index contributed by atoms with van der Waals surface area (Å²) in [5.74, 6) is -0.0801. The molecule has 0 aliphatic carbocycles. The first-order chi connectivity index (χ1) is 12.9. The van der Waals surface area contributed by atoms with Crippen molar-refractivity contribution in [1.82, 2.24) is 14.9 Å². The highest BCUT2D eigenvalue weighted by Gasteiger charge is 2.15.